The van der Waals surface area contributed by atoms with Gasteiger partial charge < -0.3 is 0 Å². The minimum atomic E-state index is -4.39. The number of halogens is 3. The largest absolute Gasteiger partial charge is 0.416 e. The molecule has 2 aromatic heterocycles. The fraction of sp³-hybridized carbons (Fsp3) is 0.133. The van der Waals surface area contributed by atoms with Crippen LogP contribution in [-0.4, -0.2) is 26.0 Å². The van der Waals surface area contributed by atoms with Crippen molar-refractivity contribution in [1.29, 1.82) is 0 Å². The van der Waals surface area contributed by atoms with Crippen molar-refractivity contribution in [3.63, 3.8) is 0 Å². The first kappa shape index (κ1) is 15.5. The molecule has 0 bridgehead atoms. The zero-order chi connectivity index (χ0) is 16.4. The van der Waals surface area contributed by atoms with Crippen LogP contribution in [0.1, 0.15) is 5.56 Å². The fourth-order valence-corrected chi connectivity index (χ4v) is 2.46. The standard InChI is InChI=1S/C15H11F3N4S/c1-23-14-19-7-6-13(21-14)22-12(5-8-20-22)10-3-2-4-11(9-10)15(16,17)18/h2-9H,1H3. The average molecular weight is 336 g/mol. The third-order valence-corrected chi connectivity index (χ3v) is 3.71. The summed E-state index contributed by atoms with van der Waals surface area (Å²) in [6.07, 6.45) is 0.569. The highest BCUT2D eigenvalue weighted by Crippen LogP contribution is 2.32. The van der Waals surface area contributed by atoms with Crippen LogP contribution in [0, 0.1) is 0 Å². The van der Waals surface area contributed by atoms with Crippen molar-refractivity contribution in [1.82, 2.24) is 19.7 Å². The van der Waals surface area contributed by atoms with Gasteiger partial charge in [-0.15, -0.1) is 0 Å². The third kappa shape index (κ3) is 3.21. The molecule has 0 saturated heterocycles. The van der Waals surface area contributed by atoms with Crippen molar-refractivity contribution < 1.29 is 13.2 Å². The van der Waals surface area contributed by atoms with Crippen molar-refractivity contribution in [3.8, 4) is 17.1 Å². The van der Waals surface area contributed by atoms with Crippen molar-refractivity contribution in [2.24, 2.45) is 0 Å². The number of aromatic nitrogens is 4. The van der Waals surface area contributed by atoms with Crippen LogP contribution in [0.15, 0.2) is 53.9 Å². The van der Waals surface area contributed by atoms with Gasteiger partial charge in [0.15, 0.2) is 11.0 Å². The molecule has 23 heavy (non-hydrogen) atoms. The summed E-state index contributed by atoms with van der Waals surface area (Å²) in [5.41, 5.74) is 0.249. The molecule has 1 aromatic carbocycles. The normalized spacial score (nSPS) is 11.7. The van der Waals surface area contributed by atoms with Crippen molar-refractivity contribution in [3.05, 3.63) is 54.4 Å². The van der Waals surface area contributed by atoms with Crippen LogP contribution < -0.4 is 0 Å². The summed E-state index contributed by atoms with van der Waals surface area (Å²) < 4.78 is 40.2. The molecule has 8 heteroatoms. The molecule has 0 atom stereocenters. The Hall–Kier alpha value is -2.35. The Morgan fingerprint density at radius 3 is 2.65 bits per heavy atom. The van der Waals surface area contributed by atoms with Gasteiger partial charge in [-0.25, -0.2) is 14.6 Å². The van der Waals surface area contributed by atoms with Gasteiger partial charge in [0.25, 0.3) is 0 Å². The number of hydrogen-bond donors (Lipinski definition) is 0. The van der Waals surface area contributed by atoms with E-state index in [1.165, 1.54) is 28.7 Å². The lowest BCUT2D eigenvalue weighted by molar-refractivity contribution is -0.137. The molecule has 2 heterocycles. The Kier molecular flexibility index (Phi) is 4.08. The van der Waals surface area contributed by atoms with E-state index in [0.717, 1.165) is 12.1 Å². The van der Waals surface area contributed by atoms with Crippen molar-refractivity contribution in [2.45, 2.75) is 11.3 Å². The van der Waals surface area contributed by atoms with E-state index < -0.39 is 11.7 Å². The summed E-state index contributed by atoms with van der Waals surface area (Å²) in [5.74, 6) is 0.502. The van der Waals surface area contributed by atoms with E-state index in [2.05, 4.69) is 15.1 Å². The van der Waals surface area contributed by atoms with E-state index >= 15 is 0 Å². The Balaban J connectivity index is 2.08. The highest BCUT2D eigenvalue weighted by atomic mass is 32.2. The molecule has 0 fully saturated rings. The first-order valence-electron chi connectivity index (χ1n) is 6.58. The SMILES string of the molecule is CSc1nccc(-n2nccc2-c2cccc(C(F)(F)F)c2)n1. The number of benzene rings is 1. The fourth-order valence-electron chi connectivity index (χ4n) is 2.11. The lowest BCUT2D eigenvalue weighted by Crippen LogP contribution is -2.06. The molecule has 0 N–H and O–H groups in total. The first-order chi connectivity index (χ1) is 11.0. The lowest BCUT2D eigenvalue weighted by atomic mass is 10.1. The van der Waals surface area contributed by atoms with Gasteiger partial charge in [0.1, 0.15) is 0 Å². The number of hydrogen-bond acceptors (Lipinski definition) is 4. The van der Waals surface area contributed by atoms with E-state index in [1.807, 2.05) is 6.26 Å². The summed E-state index contributed by atoms with van der Waals surface area (Å²) in [7, 11) is 0. The van der Waals surface area contributed by atoms with Crippen LogP contribution in [0.2, 0.25) is 0 Å². The van der Waals surface area contributed by atoms with Crippen LogP contribution in [-0.2, 0) is 6.18 Å². The molecule has 0 spiro atoms. The van der Waals surface area contributed by atoms with Crippen LogP contribution in [0.4, 0.5) is 13.2 Å². The molecule has 0 aliphatic heterocycles. The second-order valence-electron chi connectivity index (χ2n) is 4.61. The second kappa shape index (κ2) is 6.04. The van der Waals surface area contributed by atoms with E-state index in [9.17, 15) is 13.2 Å². The maximum Gasteiger partial charge on any atom is 0.416 e. The molecule has 0 saturated carbocycles. The molecule has 0 aliphatic carbocycles. The molecule has 0 unspecified atom stereocenters. The molecule has 4 nitrogen and oxygen atoms in total. The molecular formula is C15H11F3N4S. The highest BCUT2D eigenvalue weighted by Gasteiger charge is 2.30. The Morgan fingerprint density at radius 1 is 1.09 bits per heavy atom. The van der Waals surface area contributed by atoms with Gasteiger partial charge in [0, 0.05) is 17.8 Å². The summed E-state index contributed by atoms with van der Waals surface area (Å²) in [6, 6.07) is 8.44. The van der Waals surface area contributed by atoms with E-state index in [4.69, 9.17) is 0 Å². The van der Waals surface area contributed by atoms with Crippen LogP contribution in [0.25, 0.3) is 17.1 Å². The van der Waals surface area contributed by atoms with Gasteiger partial charge in [0.2, 0.25) is 0 Å². The van der Waals surface area contributed by atoms with Gasteiger partial charge in [-0.1, -0.05) is 23.9 Å². The summed E-state index contributed by atoms with van der Waals surface area (Å²) in [6.45, 7) is 0. The molecule has 0 radical (unpaired) electrons. The lowest BCUT2D eigenvalue weighted by Gasteiger charge is -2.10. The van der Waals surface area contributed by atoms with Gasteiger partial charge in [-0.05, 0) is 24.5 Å². The number of rotatable bonds is 3. The van der Waals surface area contributed by atoms with Crippen LogP contribution in [0.5, 0.6) is 0 Å². The second-order valence-corrected chi connectivity index (χ2v) is 5.38. The van der Waals surface area contributed by atoms with Crippen LogP contribution >= 0.6 is 11.8 Å². The Bertz CT molecular complexity index is 829. The molecular weight excluding hydrogens is 325 g/mol. The molecule has 3 rings (SSSR count). The molecule has 3 aromatic rings. The summed E-state index contributed by atoms with van der Waals surface area (Å²) in [5, 5.41) is 4.73. The predicted octanol–water partition coefficient (Wildman–Crippen LogP) is 4.07. The number of nitrogens with zero attached hydrogens (tertiary/aromatic N) is 4. The monoisotopic (exact) mass is 336 g/mol. The van der Waals surface area contributed by atoms with Gasteiger partial charge >= 0.3 is 6.18 Å². The Morgan fingerprint density at radius 2 is 1.91 bits per heavy atom. The molecule has 0 amide bonds. The predicted molar refractivity (Wildman–Crippen MR) is 81.4 cm³/mol. The zero-order valence-corrected chi connectivity index (χ0v) is 12.8. The molecule has 118 valence electrons. The summed E-state index contributed by atoms with van der Waals surface area (Å²) >= 11 is 1.38. The minimum Gasteiger partial charge on any atom is -0.231 e. The minimum absolute atomic E-state index is 0.418. The van der Waals surface area contributed by atoms with Crippen molar-refractivity contribution >= 4 is 11.8 Å². The number of thioether (sulfide) groups is 1. The van der Waals surface area contributed by atoms with Gasteiger partial charge in [-0.2, -0.15) is 18.3 Å². The third-order valence-electron chi connectivity index (χ3n) is 3.15. The zero-order valence-electron chi connectivity index (χ0n) is 11.9. The topological polar surface area (TPSA) is 43.6 Å². The first-order valence-corrected chi connectivity index (χ1v) is 7.80. The van der Waals surface area contributed by atoms with Crippen molar-refractivity contribution in [2.75, 3.05) is 6.26 Å². The number of alkyl halides is 3. The van der Waals surface area contributed by atoms with E-state index in [1.54, 1.807) is 24.4 Å². The average Bonchev–Trinajstić information content (AvgIpc) is 3.04. The maximum absolute atomic E-state index is 12.9. The van der Waals surface area contributed by atoms with E-state index in [-0.39, 0.29) is 0 Å². The van der Waals surface area contributed by atoms with Gasteiger partial charge in [-0.3, -0.25) is 0 Å². The van der Waals surface area contributed by atoms with E-state index in [0.29, 0.717) is 22.2 Å². The maximum atomic E-state index is 12.9. The quantitative estimate of drug-likeness (QED) is 0.534. The highest BCUT2D eigenvalue weighted by molar-refractivity contribution is 7.98. The summed E-state index contributed by atoms with van der Waals surface area (Å²) in [4.78, 5) is 8.40. The smallest absolute Gasteiger partial charge is 0.231 e. The molecule has 0 aliphatic rings. The van der Waals surface area contributed by atoms with Gasteiger partial charge in [0.05, 0.1) is 17.5 Å². The Labute approximate surface area is 134 Å². The van der Waals surface area contributed by atoms with Crippen LogP contribution in [0.3, 0.4) is 0 Å².